The molecule has 4 N–H and O–H groups in total. The van der Waals surface area contributed by atoms with Crippen molar-refractivity contribution in [1.29, 1.82) is 0 Å². The number of carbonyl (C=O) groups is 2. The molecule has 78 valence electrons. The van der Waals surface area contributed by atoms with Gasteiger partial charge in [0.05, 0.1) is 0 Å². The Kier molecular flexibility index (Phi) is 5.86. The number of hydrogen-bond acceptors (Lipinski definition) is 3. The number of carboxylic acid groups (broad SMARTS) is 2. The minimum atomic E-state index is -5.08. The third-order valence-electron chi connectivity index (χ3n) is 0.632. The van der Waals surface area contributed by atoms with Gasteiger partial charge in [-0.3, -0.25) is 4.79 Å². The lowest BCUT2D eigenvalue weighted by atomic mass is 10.4. The van der Waals surface area contributed by atoms with E-state index in [2.05, 4.69) is 0 Å². The Hall–Kier alpha value is -1.31. The lowest BCUT2D eigenvalue weighted by Gasteiger charge is -1.93. The van der Waals surface area contributed by atoms with Gasteiger partial charge in [-0.2, -0.15) is 13.2 Å². The Morgan fingerprint density at radius 2 is 1.46 bits per heavy atom. The van der Waals surface area contributed by atoms with Crippen molar-refractivity contribution in [3.8, 4) is 0 Å². The first-order valence-electron chi connectivity index (χ1n) is 2.87. The predicted octanol–water partition coefficient (Wildman–Crippen LogP) is 0.0515. The van der Waals surface area contributed by atoms with Crippen LogP contribution >= 0.6 is 0 Å². The molecule has 0 bridgehead atoms. The van der Waals surface area contributed by atoms with Crippen molar-refractivity contribution in [2.45, 2.75) is 19.1 Å². The molecule has 0 rings (SSSR count). The van der Waals surface area contributed by atoms with Crippen molar-refractivity contribution in [3.05, 3.63) is 0 Å². The lowest BCUT2D eigenvalue weighted by Crippen LogP contribution is -2.25. The average Bonchev–Trinajstić information content (AvgIpc) is 1.86. The summed E-state index contributed by atoms with van der Waals surface area (Å²) in [6, 6.07) is -0.731. The first-order chi connectivity index (χ1) is 5.59. The molecule has 0 spiro atoms. The highest BCUT2D eigenvalue weighted by Crippen LogP contribution is 2.13. The van der Waals surface area contributed by atoms with Crippen molar-refractivity contribution >= 4 is 11.9 Å². The van der Waals surface area contributed by atoms with Crippen LogP contribution in [0.25, 0.3) is 0 Å². The van der Waals surface area contributed by atoms with Gasteiger partial charge in [0.25, 0.3) is 0 Å². The molecule has 0 fully saturated rings. The van der Waals surface area contributed by atoms with Crippen LogP contribution in [0.4, 0.5) is 13.2 Å². The fourth-order valence-corrected chi connectivity index (χ4v) is 0. The summed E-state index contributed by atoms with van der Waals surface area (Å²) in [6.07, 6.45) is -5.08. The molecule has 0 amide bonds. The van der Waals surface area contributed by atoms with Crippen LogP contribution in [-0.4, -0.2) is 34.4 Å². The summed E-state index contributed by atoms with van der Waals surface area (Å²) in [6.45, 7) is 1.42. The van der Waals surface area contributed by atoms with Crippen molar-refractivity contribution in [3.63, 3.8) is 0 Å². The molecule has 0 saturated heterocycles. The van der Waals surface area contributed by atoms with E-state index in [1.807, 2.05) is 0 Å². The third kappa shape index (κ3) is 10.7. The molecule has 0 aromatic heterocycles. The summed E-state index contributed by atoms with van der Waals surface area (Å²) in [7, 11) is 0. The van der Waals surface area contributed by atoms with Crippen molar-refractivity contribution in [1.82, 2.24) is 0 Å². The minimum absolute atomic E-state index is 0.731. The molecule has 8 heteroatoms. The highest BCUT2D eigenvalue weighted by atomic mass is 19.4. The summed E-state index contributed by atoms with van der Waals surface area (Å²) in [5, 5.41) is 15.0. The maximum atomic E-state index is 10.6. The number of hydrogen-bond donors (Lipinski definition) is 3. The first kappa shape index (κ1) is 14.2. The highest BCUT2D eigenvalue weighted by molar-refractivity contribution is 5.73. The molecule has 0 aromatic rings. The summed E-state index contributed by atoms with van der Waals surface area (Å²) >= 11 is 0. The Balaban J connectivity index is 0. The molecule has 0 unspecified atom stereocenters. The minimum Gasteiger partial charge on any atom is -0.480 e. The smallest absolute Gasteiger partial charge is 0.480 e. The van der Waals surface area contributed by atoms with E-state index >= 15 is 0 Å². The highest BCUT2D eigenvalue weighted by Gasteiger charge is 2.38. The normalized spacial score (nSPS) is 12.4. The van der Waals surface area contributed by atoms with Crippen LogP contribution in [0.2, 0.25) is 0 Å². The van der Waals surface area contributed by atoms with E-state index in [0.29, 0.717) is 0 Å². The van der Waals surface area contributed by atoms with E-state index in [1.165, 1.54) is 6.92 Å². The topological polar surface area (TPSA) is 101 Å². The number of rotatable bonds is 1. The lowest BCUT2D eigenvalue weighted by molar-refractivity contribution is -0.192. The number of halogens is 3. The Bertz CT molecular complexity index is 189. The number of alkyl halides is 3. The average molecular weight is 203 g/mol. The van der Waals surface area contributed by atoms with Gasteiger partial charge in [0.2, 0.25) is 0 Å². The van der Waals surface area contributed by atoms with E-state index in [0.717, 1.165) is 0 Å². The largest absolute Gasteiger partial charge is 0.490 e. The van der Waals surface area contributed by atoms with Gasteiger partial charge in [-0.05, 0) is 6.92 Å². The Morgan fingerprint density at radius 1 is 1.31 bits per heavy atom. The SMILES string of the molecule is C[C@@H](N)C(=O)O.O=C(O)C(F)(F)F. The van der Waals surface area contributed by atoms with Gasteiger partial charge in [0.15, 0.2) is 0 Å². The Labute approximate surface area is 71.0 Å². The van der Waals surface area contributed by atoms with Crippen LogP contribution in [-0.2, 0) is 9.59 Å². The van der Waals surface area contributed by atoms with Crippen LogP contribution < -0.4 is 5.73 Å². The van der Waals surface area contributed by atoms with Crippen molar-refractivity contribution < 1.29 is 33.0 Å². The van der Waals surface area contributed by atoms with Crippen LogP contribution in [0.3, 0.4) is 0 Å². The summed E-state index contributed by atoms with van der Waals surface area (Å²) in [5.41, 5.74) is 4.84. The van der Waals surface area contributed by atoms with Gasteiger partial charge in [0.1, 0.15) is 6.04 Å². The Morgan fingerprint density at radius 3 is 1.46 bits per heavy atom. The van der Waals surface area contributed by atoms with E-state index in [4.69, 9.17) is 20.7 Å². The van der Waals surface area contributed by atoms with E-state index in [-0.39, 0.29) is 0 Å². The van der Waals surface area contributed by atoms with E-state index < -0.39 is 24.2 Å². The molecule has 5 nitrogen and oxygen atoms in total. The van der Waals surface area contributed by atoms with Gasteiger partial charge >= 0.3 is 18.1 Å². The molecule has 0 aliphatic rings. The molecule has 0 aliphatic carbocycles. The quantitative estimate of drug-likeness (QED) is 0.559. The maximum Gasteiger partial charge on any atom is 0.490 e. The molecule has 0 aromatic carbocycles. The van der Waals surface area contributed by atoms with Gasteiger partial charge in [0, 0.05) is 0 Å². The molecule has 0 aliphatic heterocycles. The fraction of sp³-hybridized carbons (Fsp3) is 0.600. The van der Waals surface area contributed by atoms with Crippen LogP contribution in [0, 0.1) is 0 Å². The zero-order chi connectivity index (χ0) is 11.2. The standard InChI is InChI=1S/C3H7NO2.C2HF3O2/c1-2(4)3(5)6;3-2(4,5)1(6)7/h2H,4H2,1H3,(H,5,6);(H,6,7)/t2-;/m1./s1. The zero-order valence-electron chi connectivity index (χ0n) is 6.50. The van der Waals surface area contributed by atoms with Gasteiger partial charge in [-0.1, -0.05) is 0 Å². The second-order valence-electron chi connectivity index (χ2n) is 1.93. The predicted molar refractivity (Wildman–Crippen MR) is 35.0 cm³/mol. The molecule has 0 saturated carbocycles. The monoisotopic (exact) mass is 203 g/mol. The van der Waals surface area contributed by atoms with Crippen molar-refractivity contribution in [2.75, 3.05) is 0 Å². The third-order valence-corrected chi connectivity index (χ3v) is 0.632. The number of carboxylic acids is 2. The molecule has 0 heterocycles. The summed E-state index contributed by atoms with van der Waals surface area (Å²) < 4.78 is 31.7. The first-order valence-corrected chi connectivity index (χ1v) is 2.87. The molecule has 0 radical (unpaired) electrons. The number of nitrogens with two attached hydrogens (primary N) is 1. The van der Waals surface area contributed by atoms with Crippen LogP contribution in [0.5, 0.6) is 0 Å². The molecular formula is C5H8F3NO4. The summed E-state index contributed by atoms with van der Waals surface area (Å²) in [5.74, 6) is -3.72. The van der Waals surface area contributed by atoms with E-state index in [1.54, 1.807) is 0 Å². The second-order valence-corrected chi connectivity index (χ2v) is 1.93. The molecular weight excluding hydrogens is 195 g/mol. The van der Waals surface area contributed by atoms with Crippen LogP contribution in [0.1, 0.15) is 6.92 Å². The maximum absolute atomic E-state index is 10.6. The van der Waals surface area contributed by atoms with Crippen LogP contribution in [0.15, 0.2) is 0 Å². The van der Waals surface area contributed by atoms with Gasteiger partial charge in [-0.15, -0.1) is 0 Å². The molecule has 13 heavy (non-hydrogen) atoms. The second kappa shape index (κ2) is 5.36. The van der Waals surface area contributed by atoms with Crippen molar-refractivity contribution in [2.24, 2.45) is 5.73 Å². The number of aliphatic carboxylic acids is 2. The van der Waals surface area contributed by atoms with Gasteiger partial charge in [-0.25, -0.2) is 4.79 Å². The summed E-state index contributed by atoms with van der Waals surface area (Å²) in [4.78, 5) is 18.5. The van der Waals surface area contributed by atoms with Gasteiger partial charge < -0.3 is 15.9 Å². The molecule has 1 atom stereocenters. The van der Waals surface area contributed by atoms with E-state index in [9.17, 15) is 18.0 Å². The zero-order valence-corrected chi connectivity index (χ0v) is 6.50. The fourth-order valence-electron chi connectivity index (χ4n) is 0.